The molecule has 196 valence electrons. The van der Waals surface area contributed by atoms with Gasteiger partial charge in [0.15, 0.2) is 5.78 Å². The van der Waals surface area contributed by atoms with Crippen LogP contribution in [-0.2, 0) is 6.42 Å². The van der Waals surface area contributed by atoms with E-state index in [0.29, 0.717) is 12.5 Å². The molecule has 3 rings (SSSR count). The first-order chi connectivity index (χ1) is 17.6. The minimum Gasteiger partial charge on any atom is -0.369 e. The maximum atomic E-state index is 12.2. The molecule has 0 aliphatic rings. The van der Waals surface area contributed by atoms with Crippen molar-refractivity contribution in [2.45, 2.75) is 103 Å². The first kappa shape index (κ1) is 27.9. The number of carbonyl (C=O) groups is 1. The lowest BCUT2D eigenvalue weighted by atomic mass is 10.0. The third-order valence-corrected chi connectivity index (χ3v) is 6.88. The van der Waals surface area contributed by atoms with Crippen LogP contribution in [0.3, 0.4) is 0 Å². The Balaban J connectivity index is 1.37. The van der Waals surface area contributed by atoms with Crippen LogP contribution in [0.5, 0.6) is 0 Å². The second-order valence-electron chi connectivity index (χ2n) is 10.0. The number of aromatic nitrogens is 3. The lowest BCUT2D eigenvalue weighted by Crippen LogP contribution is -2.19. The monoisotopic (exact) mass is 491 g/mol. The van der Waals surface area contributed by atoms with Gasteiger partial charge >= 0.3 is 0 Å². The molecule has 0 saturated heterocycles. The Morgan fingerprint density at radius 2 is 1.69 bits per heavy atom. The smallest absolute Gasteiger partial charge is 0.162 e. The number of hydrogen-bond acceptors (Lipinski definition) is 5. The Morgan fingerprint density at radius 1 is 0.944 bits per heavy atom. The van der Waals surface area contributed by atoms with E-state index in [1.807, 2.05) is 41.8 Å². The average Bonchev–Trinajstić information content (AvgIpc) is 3.21. The van der Waals surface area contributed by atoms with Crippen LogP contribution in [0.4, 0.5) is 5.82 Å². The van der Waals surface area contributed by atoms with Crippen molar-refractivity contribution in [2.24, 2.45) is 5.73 Å². The molecule has 0 aliphatic heterocycles. The number of carbonyl (C=O) groups excluding carboxylic acids is 1. The highest BCUT2D eigenvalue weighted by atomic mass is 16.1. The third kappa shape index (κ3) is 9.05. The number of rotatable bonds is 18. The number of anilines is 1. The number of unbranched alkanes of at least 4 members (excludes halogenated alkanes) is 6. The highest BCUT2D eigenvalue weighted by Crippen LogP contribution is 2.17. The quantitative estimate of drug-likeness (QED) is 0.149. The maximum Gasteiger partial charge on any atom is 0.162 e. The predicted octanol–water partition coefficient (Wildman–Crippen LogP) is 6.90. The molecule has 1 aromatic carbocycles. The van der Waals surface area contributed by atoms with E-state index in [-0.39, 0.29) is 5.78 Å². The first-order valence-electron chi connectivity index (χ1n) is 14.0. The van der Waals surface area contributed by atoms with Crippen molar-refractivity contribution in [1.29, 1.82) is 0 Å². The summed E-state index contributed by atoms with van der Waals surface area (Å²) in [7, 11) is 0. The zero-order chi connectivity index (χ0) is 25.6. The fraction of sp³-hybridized carbons (Fsp3) is 0.567. The highest BCUT2D eigenvalue weighted by molar-refractivity contribution is 5.95. The summed E-state index contributed by atoms with van der Waals surface area (Å²) in [5.74, 6) is 2.16. The number of benzene rings is 1. The molecule has 0 fully saturated rings. The van der Waals surface area contributed by atoms with Crippen LogP contribution in [0, 0.1) is 6.92 Å². The average molecular weight is 492 g/mol. The lowest BCUT2D eigenvalue weighted by molar-refractivity contribution is 0.0979. The Hall–Kier alpha value is -2.73. The summed E-state index contributed by atoms with van der Waals surface area (Å²) in [5, 5.41) is 8.31. The molecule has 1 unspecified atom stereocenters. The van der Waals surface area contributed by atoms with E-state index in [1.54, 1.807) is 0 Å². The molecule has 0 aliphatic carbocycles. The molecular weight excluding hydrogens is 446 g/mol. The number of imidazole rings is 1. The van der Waals surface area contributed by atoms with Crippen molar-refractivity contribution in [2.75, 3.05) is 11.9 Å². The molecule has 0 radical (unpaired) electrons. The van der Waals surface area contributed by atoms with Crippen molar-refractivity contribution in [1.82, 2.24) is 14.6 Å². The SMILES string of the molecule is CCCCC(N)CCCCCNc1ccc2c(C)nc(CCCCCCC(=O)c3ccccc3)n2n1. The van der Waals surface area contributed by atoms with Gasteiger partial charge in [0, 0.05) is 31.0 Å². The van der Waals surface area contributed by atoms with Gasteiger partial charge in [0.05, 0.1) is 11.2 Å². The predicted molar refractivity (Wildman–Crippen MR) is 150 cm³/mol. The van der Waals surface area contributed by atoms with Gasteiger partial charge in [-0.25, -0.2) is 9.50 Å². The summed E-state index contributed by atoms with van der Waals surface area (Å²) in [4.78, 5) is 17.0. The van der Waals surface area contributed by atoms with Crippen LogP contribution in [0.25, 0.3) is 5.52 Å². The maximum absolute atomic E-state index is 12.2. The van der Waals surface area contributed by atoms with Gasteiger partial charge in [-0.05, 0) is 51.2 Å². The number of nitrogens with one attached hydrogen (secondary N) is 1. The largest absolute Gasteiger partial charge is 0.369 e. The molecule has 3 aromatic rings. The van der Waals surface area contributed by atoms with E-state index >= 15 is 0 Å². The summed E-state index contributed by atoms with van der Waals surface area (Å²) in [5.41, 5.74) is 9.10. The van der Waals surface area contributed by atoms with Crippen molar-refractivity contribution in [3.8, 4) is 0 Å². The van der Waals surface area contributed by atoms with Crippen LogP contribution in [-0.4, -0.2) is 33.0 Å². The van der Waals surface area contributed by atoms with E-state index in [0.717, 1.165) is 86.3 Å². The zero-order valence-electron chi connectivity index (χ0n) is 22.3. The number of Topliss-reactive ketones (excluding diaryl/α,β-unsaturated/α-hetero) is 1. The van der Waals surface area contributed by atoms with Gasteiger partial charge in [-0.1, -0.05) is 75.8 Å². The van der Waals surface area contributed by atoms with Crippen molar-refractivity contribution >= 4 is 17.1 Å². The van der Waals surface area contributed by atoms with Gasteiger partial charge in [0.25, 0.3) is 0 Å². The third-order valence-electron chi connectivity index (χ3n) is 6.88. The molecule has 36 heavy (non-hydrogen) atoms. The van der Waals surface area contributed by atoms with Crippen LogP contribution in [0.15, 0.2) is 42.5 Å². The normalized spacial score (nSPS) is 12.2. The molecule has 1 atom stereocenters. The minimum atomic E-state index is 0.241. The molecular formula is C30H45N5O. The highest BCUT2D eigenvalue weighted by Gasteiger charge is 2.10. The van der Waals surface area contributed by atoms with Crippen molar-refractivity contribution in [3.63, 3.8) is 0 Å². The van der Waals surface area contributed by atoms with E-state index in [9.17, 15) is 4.79 Å². The summed E-state index contributed by atoms with van der Waals surface area (Å²) in [6.07, 6.45) is 13.9. The number of fused-ring (bicyclic) bond motifs is 1. The second kappa shape index (κ2) is 15.4. The Labute approximate surface area is 217 Å². The summed E-state index contributed by atoms with van der Waals surface area (Å²) in [6, 6.07) is 14.1. The molecule has 3 N–H and O–H groups in total. The molecule has 0 saturated carbocycles. The molecule has 0 amide bonds. The Morgan fingerprint density at radius 3 is 2.50 bits per heavy atom. The topological polar surface area (TPSA) is 85.3 Å². The van der Waals surface area contributed by atoms with E-state index in [2.05, 4.69) is 24.4 Å². The van der Waals surface area contributed by atoms with Gasteiger partial charge in [0.2, 0.25) is 0 Å². The fourth-order valence-corrected chi connectivity index (χ4v) is 4.67. The van der Waals surface area contributed by atoms with Gasteiger partial charge in [0.1, 0.15) is 11.6 Å². The molecule has 0 bridgehead atoms. The number of ketones is 1. The standard InChI is InChI=1S/C30H45N5O/c1-3-4-17-26(31)18-11-8-14-23-32-29-22-21-27-24(2)33-30(35(27)34-29)20-13-6-5-12-19-28(36)25-15-9-7-10-16-25/h7,9-10,15-16,21-22,26H,3-6,8,11-14,17-20,23,31H2,1-2H3,(H,32,34). The van der Waals surface area contributed by atoms with Crippen LogP contribution in [0.1, 0.15) is 106 Å². The minimum absolute atomic E-state index is 0.241. The summed E-state index contributed by atoms with van der Waals surface area (Å²) in [6.45, 7) is 5.19. The molecule has 6 heteroatoms. The molecule has 0 spiro atoms. The number of hydrogen-bond donors (Lipinski definition) is 2. The van der Waals surface area contributed by atoms with Gasteiger partial charge in [-0.3, -0.25) is 4.79 Å². The van der Waals surface area contributed by atoms with E-state index < -0.39 is 0 Å². The van der Waals surface area contributed by atoms with Crippen molar-refractivity contribution in [3.05, 3.63) is 59.5 Å². The first-order valence-corrected chi connectivity index (χ1v) is 14.0. The van der Waals surface area contributed by atoms with Gasteiger partial charge in [-0.15, -0.1) is 5.10 Å². The second-order valence-corrected chi connectivity index (χ2v) is 10.0. The number of nitrogens with two attached hydrogens (primary N) is 1. The van der Waals surface area contributed by atoms with Crippen LogP contribution < -0.4 is 11.1 Å². The molecule has 2 aromatic heterocycles. The molecule has 6 nitrogen and oxygen atoms in total. The summed E-state index contributed by atoms with van der Waals surface area (Å²) >= 11 is 0. The molecule has 2 heterocycles. The van der Waals surface area contributed by atoms with Gasteiger partial charge in [-0.2, -0.15) is 0 Å². The van der Waals surface area contributed by atoms with E-state index in [4.69, 9.17) is 15.8 Å². The Bertz CT molecular complexity index is 1050. The number of nitrogens with zero attached hydrogens (tertiary/aromatic N) is 3. The van der Waals surface area contributed by atoms with E-state index in [1.165, 1.54) is 25.7 Å². The van der Waals surface area contributed by atoms with Gasteiger partial charge < -0.3 is 11.1 Å². The Kier molecular flexibility index (Phi) is 11.9. The lowest BCUT2D eigenvalue weighted by Gasteiger charge is -2.11. The fourth-order valence-electron chi connectivity index (χ4n) is 4.67. The zero-order valence-corrected chi connectivity index (χ0v) is 22.3. The number of aryl methyl sites for hydroxylation is 2. The van der Waals surface area contributed by atoms with Crippen molar-refractivity contribution < 1.29 is 4.79 Å². The summed E-state index contributed by atoms with van der Waals surface area (Å²) < 4.78 is 2.00. The van der Waals surface area contributed by atoms with Crippen LogP contribution in [0.2, 0.25) is 0 Å². The van der Waals surface area contributed by atoms with Crippen LogP contribution >= 0.6 is 0 Å².